The Morgan fingerprint density at radius 2 is 1.88 bits per heavy atom. The standard InChI is InChI=1S/C19H26N2O3S2/c1-13-12-21(19(22)14-7-8-14)17-11-16(9-10-18(17)25-13)26(23,24)20-15-5-3-2-4-6-15/h9-11,13-15,20H,2-8,12H2,1H3/t13-/m1/s1. The molecule has 2 saturated carbocycles. The molecule has 1 amide bonds. The van der Waals surface area contributed by atoms with Gasteiger partial charge in [-0.05, 0) is 43.9 Å². The molecule has 0 unspecified atom stereocenters. The summed E-state index contributed by atoms with van der Waals surface area (Å²) in [5, 5.41) is 0.313. The summed E-state index contributed by atoms with van der Waals surface area (Å²) < 4.78 is 28.6. The predicted molar refractivity (Wildman–Crippen MR) is 104 cm³/mol. The molecule has 0 bridgehead atoms. The Balaban J connectivity index is 1.62. The van der Waals surface area contributed by atoms with Gasteiger partial charge >= 0.3 is 0 Å². The van der Waals surface area contributed by atoms with E-state index in [1.54, 1.807) is 23.9 Å². The molecule has 3 aliphatic rings. The van der Waals surface area contributed by atoms with E-state index in [9.17, 15) is 13.2 Å². The minimum absolute atomic E-state index is 0.0309. The number of anilines is 1. The van der Waals surface area contributed by atoms with Crippen molar-refractivity contribution >= 4 is 33.4 Å². The van der Waals surface area contributed by atoms with Crippen molar-refractivity contribution < 1.29 is 13.2 Å². The number of hydrogen-bond acceptors (Lipinski definition) is 4. The highest BCUT2D eigenvalue weighted by Crippen LogP contribution is 2.42. The average molecular weight is 395 g/mol. The van der Waals surface area contributed by atoms with Crippen molar-refractivity contribution in [2.75, 3.05) is 11.4 Å². The topological polar surface area (TPSA) is 66.5 Å². The molecule has 0 aromatic heterocycles. The van der Waals surface area contributed by atoms with Gasteiger partial charge in [-0.3, -0.25) is 4.79 Å². The number of sulfonamides is 1. The molecule has 2 aliphatic carbocycles. The second-order valence-corrected chi connectivity index (χ2v) is 10.9. The molecule has 7 heteroatoms. The summed E-state index contributed by atoms with van der Waals surface area (Å²) in [5.74, 6) is 0.270. The summed E-state index contributed by atoms with van der Waals surface area (Å²) in [5.41, 5.74) is 0.761. The lowest BCUT2D eigenvalue weighted by atomic mass is 9.96. The Bertz CT molecular complexity index is 799. The maximum Gasteiger partial charge on any atom is 0.240 e. The molecule has 0 spiro atoms. The SMILES string of the molecule is C[C@@H]1CN(C(=O)C2CC2)c2cc(S(=O)(=O)NC3CCCCC3)ccc2S1. The van der Waals surface area contributed by atoms with E-state index in [2.05, 4.69) is 11.6 Å². The smallest absolute Gasteiger partial charge is 0.240 e. The molecule has 1 aromatic carbocycles. The Labute approximate surface area is 160 Å². The van der Waals surface area contributed by atoms with Gasteiger partial charge in [0.1, 0.15) is 0 Å². The lowest BCUT2D eigenvalue weighted by Crippen LogP contribution is -2.40. The van der Waals surface area contributed by atoms with Crippen molar-refractivity contribution in [2.24, 2.45) is 5.92 Å². The number of rotatable bonds is 4. The summed E-state index contributed by atoms with van der Waals surface area (Å²) in [6.07, 6.45) is 7.06. The molecule has 1 aromatic rings. The van der Waals surface area contributed by atoms with Gasteiger partial charge in [-0.25, -0.2) is 13.1 Å². The number of amides is 1. The van der Waals surface area contributed by atoms with E-state index in [4.69, 9.17) is 0 Å². The van der Waals surface area contributed by atoms with Crippen molar-refractivity contribution in [3.63, 3.8) is 0 Å². The summed E-state index contributed by atoms with van der Waals surface area (Å²) in [7, 11) is -3.56. The average Bonchev–Trinajstić information content (AvgIpc) is 3.45. The second kappa shape index (κ2) is 7.17. The summed E-state index contributed by atoms with van der Waals surface area (Å²) in [6, 6.07) is 5.26. The number of hydrogen-bond donors (Lipinski definition) is 1. The normalized spacial score (nSPS) is 24.3. The van der Waals surface area contributed by atoms with E-state index in [1.165, 1.54) is 6.42 Å². The molecule has 26 heavy (non-hydrogen) atoms. The van der Waals surface area contributed by atoms with Gasteiger partial charge in [0.2, 0.25) is 15.9 Å². The monoisotopic (exact) mass is 394 g/mol. The zero-order chi connectivity index (χ0) is 18.3. The number of carbonyl (C=O) groups is 1. The molecule has 4 rings (SSSR count). The first-order chi connectivity index (χ1) is 12.4. The van der Waals surface area contributed by atoms with Crippen LogP contribution in [0.2, 0.25) is 0 Å². The molecule has 5 nitrogen and oxygen atoms in total. The van der Waals surface area contributed by atoms with Crippen molar-refractivity contribution in [3.05, 3.63) is 18.2 Å². The van der Waals surface area contributed by atoms with Crippen LogP contribution in [0.25, 0.3) is 0 Å². The third-order valence-corrected chi connectivity index (χ3v) is 8.09. The first-order valence-corrected chi connectivity index (χ1v) is 11.9. The van der Waals surface area contributed by atoms with E-state index in [0.29, 0.717) is 11.8 Å². The minimum Gasteiger partial charge on any atom is -0.310 e. The molecule has 1 atom stereocenters. The first kappa shape index (κ1) is 18.3. The minimum atomic E-state index is -3.56. The van der Waals surface area contributed by atoms with E-state index >= 15 is 0 Å². The fourth-order valence-electron chi connectivity index (χ4n) is 3.85. The van der Waals surface area contributed by atoms with Crippen LogP contribution in [0.3, 0.4) is 0 Å². The highest BCUT2D eigenvalue weighted by atomic mass is 32.2. The van der Waals surface area contributed by atoms with E-state index in [-0.39, 0.29) is 22.8 Å². The number of fused-ring (bicyclic) bond motifs is 1. The highest BCUT2D eigenvalue weighted by molar-refractivity contribution is 8.00. The van der Waals surface area contributed by atoms with Crippen LogP contribution in [0, 0.1) is 5.92 Å². The Morgan fingerprint density at radius 1 is 1.15 bits per heavy atom. The molecule has 0 radical (unpaired) electrons. The van der Waals surface area contributed by atoms with Crippen LogP contribution in [0.1, 0.15) is 51.9 Å². The summed E-state index contributed by atoms with van der Waals surface area (Å²) in [6.45, 7) is 2.75. The van der Waals surface area contributed by atoms with Crippen LogP contribution in [-0.2, 0) is 14.8 Å². The van der Waals surface area contributed by atoms with Crippen molar-refractivity contribution in [2.45, 2.75) is 73.0 Å². The zero-order valence-electron chi connectivity index (χ0n) is 15.1. The van der Waals surface area contributed by atoms with Gasteiger partial charge in [0.15, 0.2) is 0 Å². The van der Waals surface area contributed by atoms with Gasteiger partial charge in [-0.2, -0.15) is 0 Å². The number of benzene rings is 1. The maximum atomic E-state index is 12.9. The van der Waals surface area contributed by atoms with Crippen molar-refractivity contribution in [1.82, 2.24) is 4.72 Å². The quantitative estimate of drug-likeness (QED) is 0.848. The van der Waals surface area contributed by atoms with E-state index in [1.807, 2.05) is 11.0 Å². The van der Waals surface area contributed by atoms with Gasteiger partial charge in [0.05, 0.1) is 10.6 Å². The van der Waals surface area contributed by atoms with Gasteiger partial charge in [0, 0.05) is 28.6 Å². The maximum absolute atomic E-state index is 12.9. The van der Waals surface area contributed by atoms with Gasteiger partial charge in [-0.15, -0.1) is 11.8 Å². The van der Waals surface area contributed by atoms with Gasteiger partial charge in [0.25, 0.3) is 0 Å². The molecular weight excluding hydrogens is 368 g/mol. The van der Waals surface area contributed by atoms with Crippen molar-refractivity contribution in [3.8, 4) is 0 Å². The molecule has 1 N–H and O–H groups in total. The van der Waals surface area contributed by atoms with Crippen LogP contribution >= 0.6 is 11.8 Å². The molecule has 0 saturated heterocycles. The molecule has 1 heterocycles. The van der Waals surface area contributed by atoms with Crippen LogP contribution in [0.15, 0.2) is 28.0 Å². The van der Waals surface area contributed by atoms with Crippen molar-refractivity contribution in [1.29, 1.82) is 0 Å². The third-order valence-electron chi connectivity index (χ3n) is 5.42. The number of carbonyl (C=O) groups excluding carboxylic acids is 1. The van der Waals surface area contributed by atoms with Gasteiger partial charge < -0.3 is 4.90 Å². The predicted octanol–water partition coefficient (Wildman–Crippen LogP) is 3.53. The largest absolute Gasteiger partial charge is 0.310 e. The Morgan fingerprint density at radius 3 is 2.58 bits per heavy atom. The lowest BCUT2D eigenvalue weighted by Gasteiger charge is -2.33. The van der Waals surface area contributed by atoms with E-state index in [0.717, 1.165) is 49.1 Å². The number of nitrogens with one attached hydrogen (secondary N) is 1. The fourth-order valence-corrected chi connectivity index (χ4v) is 6.27. The van der Waals surface area contributed by atoms with Crippen LogP contribution in [-0.4, -0.2) is 32.2 Å². The van der Waals surface area contributed by atoms with Crippen LogP contribution < -0.4 is 9.62 Å². The third kappa shape index (κ3) is 3.80. The van der Waals surface area contributed by atoms with Crippen LogP contribution in [0.4, 0.5) is 5.69 Å². The number of thioether (sulfide) groups is 1. The summed E-state index contributed by atoms with van der Waals surface area (Å²) in [4.78, 5) is 15.8. The highest BCUT2D eigenvalue weighted by Gasteiger charge is 2.37. The molecule has 142 valence electrons. The lowest BCUT2D eigenvalue weighted by molar-refractivity contribution is -0.119. The Hall–Kier alpha value is -1.05. The molecule has 2 fully saturated rings. The fraction of sp³-hybridized carbons (Fsp3) is 0.632. The Kier molecular flexibility index (Phi) is 5.05. The van der Waals surface area contributed by atoms with Gasteiger partial charge in [-0.1, -0.05) is 26.2 Å². The van der Waals surface area contributed by atoms with Crippen LogP contribution in [0.5, 0.6) is 0 Å². The summed E-state index contributed by atoms with van der Waals surface area (Å²) >= 11 is 1.71. The molecule has 1 aliphatic heterocycles. The van der Waals surface area contributed by atoms with E-state index < -0.39 is 10.0 Å². The zero-order valence-corrected chi connectivity index (χ0v) is 16.7. The molecular formula is C19H26N2O3S2. The number of nitrogens with zero attached hydrogens (tertiary/aromatic N) is 1. The first-order valence-electron chi connectivity index (χ1n) is 9.58. The second-order valence-electron chi connectivity index (χ2n) is 7.74.